The highest BCUT2D eigenvalue weighted by atomic mass is 35.5. The molecule has 3 atom stereocenters. The zero-order valence-corrected chi connectivity index (χ0v) is 21.6. The second kappa shape index (κ2) is 10.2. The standard InChI is InChI=1S/C28H32Cl2N2O3/c1-2-23(18-31-10-12-35-13-11-31)32-26(19-6-8-21(29)9-7-19)25(20-4-3-5-22(30)14-20)17-28(27(32)34)15-24(33)16-28/h3-9,14,23,25-26H,2,10-13,15-18H2,1H3/t23-,25+,26+/m0/s1. The van der Waals surface area contributed by atoms with Gasteiger partial charge in [-0.15, -0.1) is 0 Å². The van der Waals surface area contributed by atoms with Gasteiger partial charge in [-0.2, -0.15) is 0 Å². The van der Waals surface area contributed by atoms with Crippen LogP contribution in [0.15, 0.2) is 48.5 Å². The molecule has 0 radical (unpaired) electrons. The Morgan fingerprint density at radius 2 is 1.71 bits per heavy atom. The molecule has 2 aliphatic heterocycles. The van der Waals surface area contributed by atoms with Crippen LogP contribution in [0.5, 0.6) is 0 Å². The Hall–Kier alpha value is -1.92. The lowest BCUT2D eigenvalue weighted by molar-refractivity contribution is -0.168. The van der Waals surface area contributed by atoms with E-state index in [1.165, 1.54) is 0 Å². The van der Waals surface area contributed by atoms with Crippen molar-refractivity contribution in [3.05, 3.63) is 69.7 Å². The molecule has 2 heterocycles. The highest BCUT2D eigenvalue weighted by molar-refractivity contribution is 6.30. The van der Waals surface area contributed by atoms with Gasteiger partial charge in [0, 0.05) is 54.5 Å². The Morgan fingerprint density at radius 3 is 2.34 bits per heavy atom. The summed E-state index contributed by atoms with van der Waals surface area (Å²) in [6.45, 7) is 6.11. The Labute approximate surface area is 217 Å². The average Bonchev–Trinajstić information content (AvgIpc) is 2.84. The number of halogens is 2. The molecule has 0 aromatic heterocycles. The van der Waals surface area contributed by atoms with E-state index in [1.807, 2.05) is 42.5 Å². The number of carbonyl (C=O) groups is 2. The monoisotopic (exact) mass is 514 g/mol. The van der Waals surface area contributed by atoms with Crippen LogP contribution in [0.2, 0.25) is 10.0 Å². The molecular weight excluding hydrogens is 483 g/mol. The summed E-state index contributed by atoms with van der Waals surface area (Å²) < 4.78 is 5.56. The molecule has 2 saturated heterocycles. The first kappa shape index (κ1) is 24.8. The number of hydrogen-bond donors (Lipinski definition) is 0. The second-order valence-corrected chi connectivity index (χ2v) is 11.1. The van der Waals surface area contributed by atoms with E-state index >= 15 is 0 Å². The average molecular weight is 515 g/mol. The molecule has 1 spiro atoms. The summed E-state index contributed by atoms with van der Waals surface area (Å²) >= 11 is 12.7. The van der Waals surface area contributed by atoms with E-state index in [0.29, 0.717) is 42.5 Å². The maximum Gasteiger partial charge on any atom is 0.230 e. The second-order valence-electron chi connectivity index (χ2n) is 10.2. The number of likely N-dealkylation sites (tertiary alicyclic amines) is 1. The van der Waals surface area contributed by atoms with Crippen molar-refractivity contribution in [2.45, 2.75) is 50.6 Å². The molecule has 35 heavy (non-hydrogen) atoms. The van der Waals surface area contributed by atoms with E-state index in [1.54, 1.807) is 0 Å². The van der Waals surface area contributed by atoms with Crippen LogP contribution in [0.3, 0.4) is 0 Å². The summed E-state index contributed by atoms with van der Waals surface area (Å²) in [5, 5.41) is 1.35. The Balaban J connectivity index is 1.60. The van der Waals surface area contributed by atoms with Crippen LogP contribution in [-0.4, -0.2) is 60.4 Å². The van der Waals surface area contributed by atoms with E-state index < -0.39 is 5.41 Å². The molecule has 2 aromatic rings. The number of benzene rings is 2. The maximum atomic E-state index is 14.3. The first-order valence-corrected chi connectivity index (χ1v) is 13.3. The van der Waals surface area contributed by atoms with Crippen LogP contribution in [0.4, 0.5) is 0 Å². The molecule has 0 N–H and O–H groups in total. The number of carbonyl (C=O) groups excluding carboxylic acids is 2. The summed E-state index contributed by atoms with van der Waals surface area (Å²) in [4.78, 5) is 31.0. The Morgan fingerprint density at radius 1 is 1.00 bits per heavy atom. The third-order valence-corrected chi connectivity index (χ3v) is 8.46. The molecule has 186 valence electrons. The van der Waals surface area contributed by atoms with E-state index in [-0.39, 0.29) is 29.7 Å². The molecule has 5 nitrogen and oxygen atoms in total. The van der Waals surface area contributed by atoms with E-state index in [4.69, 9.17) is 27.9 Å². The van der Waals surface area contributed by atoms with Gasteiger partial charge in [-0.3, -0.25) is 14.5 Å². The molecule has 1 saturated carbocycles. The zero-order valence-electron chi connectivity index (χ0n) is 20.1. The van der Waals surface area contributed by atoms with Gasteiger partial charge in [-0.05, 0) is 48.2 Å². The van der Waals surface area contributed by atoms with Gasteiger partial charge in [0.1, 0.15) is 5.78 Å². The van der Waals surface area contributed by atoms with E-state index in [9.17, 15) is 9.59 Å². The fourth-order valence-corrected chi connectivity index (χ4v) is 6.52. The molecule has 0 bridgehead atoms. The predicted molar refractivity (Wildman–Crippen MR) is 138 cm³/mol. The Bertz CT molecular complexity index is 1080. The van der Waals surface area contributed by atoms with Crippen LogP contribution < -0.4 is 0 Å². The van der Waals surface area contributed by atoms with Crippen molar-refractivity contribution in [1.29, 1.82) is 0 Å². The fraction of sp³-hybridized carbons (Fsp3) is 0.500. The molecule has 5 rings (SSSR count). The first-order valence-electron chi connectivity index (χ1n) is 12.6. The Kier molecular flexibility index (Phi) is 7.23. The molecule has 2 aromatic carbocycles. The number of amides is 1. The summed E-state index contributed by atoms with van der Waals surface area (Å²) in [5.41, 5.74) is 1.55. The van der Waals surface area contributed by atoms with Gasteiger partial charge in [0.15, 0.2) is 0 Å². The number of piperidine rings is 1. The lowest BCUT2D eigenvalue weighted by Gasteiger charge is -2.56. The summed E-state index contributed by atoms with van der Waals surface area (Å²) in [7, 11) is 0. The SMILES string of the molecule is CC[C@@H](CN1CCOCC1)N1C(=O)C2(CC(=O)C2)C[C@H](c2cccc(Cl)c2)[C@H]1c1ccc(Cl)cc1. The van der Waals surface area contributed by atoms with Crippen molar-refractivity contribution < 1.29 is 14.3 Å². The van der Waals surface area contributed by atoms with Crippen molar-refractivity contribution in [1.82, 2.24) is 9.80 Å². The minimum absolute atomic E-state index is 0.0239. The molecule has 1 aliphatic carbocycles. The number of ketones is 1. The van der Waals surface area contributed by atoms with Crippen LogP contribution in [0.25, 0.3) is 0 Å². The minimum atomic E-state index is -0.620. The number of rotatable bonds is 6. The van der Waals surface area contributed by atoms with Gasteiger partial charge < -0.3 is 9.64 Å². The molecule has 0 unspecified atom stereocenters. The van der Waals surface area contributed by atoms with Gasteiger partial charge in [-0.25, -0.2) is 0 Å². The summed E-state index contributed by atoms with van der Waals surface area (Å²) in [6.07, 6.45) is 2.15. The van der Waals surface area contributed by atoms with Crippen LogP contribution in [0, 0.1) is 5.41 Å². The van der Waals surface area contributed by atoms with Crippen molar-refractivity contribution >= 4 is 34.9 Å². The zero-order chi connectivity index (χ0) is 24.6. The molecule has 3 fully saturated rings. The third-order valence-electron chi connectivity index (χ3n) is 7.98. The summed E-state index contributed by atoms with van der Waals surface area (Å²) in [5.74, 6) is 0.323. The maximum absolute atomic E-state index is 14.3. The number of nitrogens with zero attached hydrogens (tertiary/aromatic N) is 2. The fourth-order valence-electron chi connectivity index (χ4n) is 6.19. The number of morpholine rings is 1. The molecular formula is C28H32Cl2N2O3. The highest BCUT2D eigenvalue weighted by Crippen LogP contribution is 2.57. The lowest BCUT2D eigenvalue weighted by Crippen LogP contribution is -2.62. The highest BCUT2D eigenvalue weighted by Gasteiger charge is 2.59. The van der Waals surface area contributed by atoms with E-state index in [0.717, 1.165) is 37.2 Å². The van der Waals surface area contributed by atoms with Crippen LogP contribution >= 0.6 is 23.2 Å². The number of hydrogen-bond acceptors (Lipinski definition) is 4. The van der Waals surface area contributed by atoms with E-state index in [2.05, 4.69) is 22.8 Å². The van der Waals surface area contributed by atoms with Crippen molar-refractivity contribution in [3.63, 3.8) is 0 Å². The van der Waals surface area contributed by atoms with Gasteiger partial charge in [0.25, 0.3) is 0 Å². The largest absolute Gasteiger partial charge is 0.379 e. The van der Waals surface area contributed by atoms with Crippen molar-refractivity contribution in [2.75, 3.05) is 32.8 Å². The van der Waals surface area contributed by atoms with Gasteiger partial charge in [0.05, 0.1) is 24.7 Å². The van der Waals surface area contributed by atoms with Crippen LogP contribution in [-0.2, 0) is 14.3 Å². The molecule has 3 aliphatic rings. The van der Waals surface area contributed by atoms with Gasteiger partial charge >= 0.3 is 0 Å². The smallest absolute Gasteiger partial charge is 0.230 e. The van der Waals surface area contributed by atoms with Gasteiger partial charge in [-0.1, -0.05) is 54.4 Å². The predicted octanol–water partition coefficient (Wildman–Crippen LogP) is 5.51. The third kappa shape index (κ3) is 4.89. The first-order chi connectivity index (χ1) is 16.9. The normalized spacial score (nSPS) is 25.5. The quantitative estimate of drug-likeness (QED) is 0.509. The topological polar surface area (TPSA) is 49.9 Å². The van der Waals surface area contributed by atoms with Crippen molar-refractivity contribution in [3.8, 4) is 0 Å². The van der Waals surface area contributed by atoms with Crippen molar-refractivity contribution in [2.24, 2.45) is 5.41 Å². The van der Waals surface area contributed by atoms with Crippen LogP contribution in [0.1, 0.15) is 55.7 Å². The lowest BCUT2D eigenvalue weighted by atomic mass is 9.57. The molecule has 7 heteroatoms. The molecule has 1 amide bonds. The number of Topliss-reactive ketones (excluding diaryl/α,β-unsaturated/α-hetero) is 1. The van der Waals surface area contributed by atoms with Gasteiger partial charge in [0.2, 0.25) is 5.91 Å². The number of ether oxygens (including phenoxy) is 1. The minimum Gasteiger partial charge on any atom is -0.379 e. The summed E-state index contributed by atoms with van der Waals surface area (Å²) in [6, 6.07) is 15.7.